The normalized spacial score (nSPS) is 12.5. The summed E-state index contributed by atoms with van der Waals surface area (Å²) < 4.78 is 5.17. The van der Waals surface area contributed by atoms with Gasteiger partial charge in [0.2, 0.25) is 0 Å². The van der Waals surface area contributed by atoms with E-state index >= 15 is 0 Å². The Morgan fingerprint density at radius 1 is 1.44 bits per heavy atom. The van der Waals surface area contributed by atoms with E-state index in [1.165, 1.54) is 11.3 Å². The minimum atomic E-state index is 0.357. The van der Waals surface area contributed by atoms with E-state index in [9.17, 15) is 0 Å². The molecule has 0 spiro atoms. The van der Waals surface area contributed by atoms with Crippen LogP contribution in [0.5, 0.6) is 0 Å². The van der Waals surface area contributed by atoms with Crippen LogP contribution >= 0.6 is 0 Å². The highest BCUT2D eigenvalue weighted by molar-refractivity contribution is 5.47. The van der Waals surface area contributed by atoms with Crippen molar-refractivity contribution in [2.24, 2.45) is 0 Å². The van der Waals surface area contributed by atoms with Gasteiger partial charge in [-0.15, -0.1) is 0 Å². The molecule has 0 aliphatic carbocycles. The first-order valence-electron chi connectivity index (χ1n) is 5.61. The van der Waals surface area contributed by atoms with Crippen LogP contribution in [0.3, 0.4) is 0 Å². The molecule has 90 valence electrons. The summed E-state index contributed by atoms with van der Waals surface area (Å²) in [5, 5.41) is 3.25. The smallest absolute Gasteiger partial charge is 0.0633 e. The predicted octanol–water partition coefficient (Wildman–Crippen LogP) is 1.67. The molecule has 0 aromatic heterocycles. The number of nitrogens with one attached hydrogen (secondary N) is 1. The van der Waals surface area contributed by atoms with Gasteiger partial charge in [-0.1, -0.05) is 12.1 Å². The minimum absolute atomic E-state index is 0.357. The zero-order valence-electron chi connectivity index (χ0n) is 10.7. The molecule has 1 aromatic rings. The molecule has 0 radical (unpaired) electrons. The molecule has 1 aromatic carbocycles. The first-order valence-corrected chi connectivity index (χ1v) is 5.61. The molecule has 3 heteroatoms. The average molecular weight is 222 g/mol. The number of aryl methyl sites for hydroxylation is 1. The van der Waals surface area contributed by atoms with E-state index in [4.69, 9.17) is 4.74 Å². The molecule has 0 saturated carbocycles. The van der Waals surface area contributed by atoms with Crippen molar-refractivity contribution in [1.29, 1.82) is 0 Å². The fourth-order valence-electron chi connectivity index (χ4n) is 1.73. The summed E-state index contributed by atoms with van der Waals surface area (Å²) in [4.78, 5) is 2.24. The molecular formula is C13H22N2O. The predicted molar refractivity (Wildman–Crippen MR) is 69.2 cm³/mol. The summed E-state index contributed by atoms with van der Waals surface area (Å²) in [6.45, 7) is 3.78. The third-order valence-electron chi connectivity index (χ3n) is 2.71. The number of likely N-dealkylation sites (N-methyl/N-ethyl adjacent to an activating group) is 2. The number of benzene rings is 1. The molecule has 1 atom stereocenters. The molecule has 0 amide bonds. The van der Waals surface area contributed by atoms with Gasteiger partial charge < -0.3 is 15.0 Å². The van der Waals surface area contributed by atoms with Crippen molar-refractivity contribution in [3.05, 3.63) is 29.8 Å². The van der Waals surface area contributed by atoms with Crippen molar-refractivity contribution in [2.45, 2.75) is 13.0 Å². The van der Waals surface area contributed by atoms with Gasteiger partial charge >= 0.3 is 0 Å². The van der Waals surface area contributed by atoms with Crippen LogP contribution in [0.4, 0.5) is 5.69 Å². The standard InChI is InChI=1S/C13H22N2O/c1-11-6-5-7-13(8-11)15(3)9-12(14-2)10-16-4/h5-8,12,14H,9-10H2,1-4H3. The zero-order valence-corrected chi connectivity index (χ0v) is 10.7. The summed E-state index contributed by atoms with van der Waals surface area (Å²) in [7, 11) is 5.81. The second-order valence-electron chi connectivity index (χ2n) is 4.16. The second kappa shape index (κ2) is 6.51. The van der Waals surface area contributed by atoms with Gasteiger partial charge in [0.25, 0.3) is 0 Å². The maximum absolute atomic E-state index is 5.17. The Hall–Kier alpha value is -1.06. The zero-order chi connectivity index (χ0) is 12.0. The van der Waals surface area contributed by atoms with Crippen LogP contribution in [0.15, 0.2) is 24.3 Å². The summed E-state index contributed by atoms with van der Waals surface area (Å²) in [5.74, 6) is 0. The van der Waals surface area contributed by atoms with Gasteiger partial charge in [-0.2, -0.15) is 0 Å². The summed E-state index contributed by atoms with van der Waals surface area (Å²) >= 11 is 0. The van der Waals surface area contributed by atoms with Crippen molar-refractivity contribution in [2.75, 3.05) is 39.3 Å². The largest absolute Gasteiger partial charge is 0.383 e. The number of hydrogen-bond donors (Lipinski definition) is 1. The molecule has 0 aliphatic rings. The lowest BCUT2D eigenvalue weighted by Gasteiger charge is -2.25. The van der Waals surface area contributed by atoms with Crippen LogP contribution in [-0.4, -0.2) is 40.4 Å². The van der Waals surface area contributed by atoms with Crippen LogP contribution in [-0.2, 0) is 4.74 Å². The second-order valence-corrected chi connectivity index (χ2v) is 4.16. The maximum Gasteiger partial charge on any atom is 0.0633 e. The molecule has 3 nitrogen and oxygen atoms in total. The van der Waals surface area contributed by atoms with Crippen LogP contribution in [0, 0.1) is 6.92 Å². The lowest BCUT2D eigenvalue weighted by Crippen LogP contribution is -2.40. The highest BCUT2D eigenvalue weighted by Gasteiger charge is 2.09. The summed E-state index contributed by atoms with van der Waals surface area (Å²) in [6, 6.07) is 8.88. The van der Waals surface area contributed by atoms with E-state index in [0.717, 1.165) is 13.2 Å². The van der Waals surface area contributed by atoms with Crippen molar-refractivity contribution in [3.8, 4) is 0 Å². The number of methoxy groups -OCH3 is 1. The van der Waals surface area contributed by atoms with Crippen molar-refractivity contribution >= 4 is 5.69 Å². The highest BCUT2D eigenvalue weighted by Crippen LogP contribution is 2.14. The Morgan fingerprint density at radius 3 is 2.75 bits per heavy atom. The summed E-state index contributed by atoms with van der Waals surface area (Å²) in [6.07, 6.45) is 0. The minimum Gasteiger partial charge on any atom is -0.383 e. The van der Waals surface area contributed by atoms with Crippen LogP contribution in [0.25, 0.3) is 0 Å². The Morgan fingerprint density at radius 2 is 2.19 bits per heavy atom. The van der Waals surface area contributed by atoms with Crippen molar-refractivity contribution in [3.63, 3.8) is 0 Å². The fraction of sp³-hybridized carbons (Fsp3) is 0.538. The molecule has 0 bridgehead atoms. The molecular weight excluding hydrogens is 200 g/mol. The molecule has 0 heterocycles. The van der Waals surface area contributed by atoms with Gasteiger partial charge in [0, 0.05) is 32.4 Å². The van der Waals surface area contributed by atoms with Gasteiger partial charge in [0.15, 0.2) is 0 Å². The van der Waals surface area contributed by atoms with Crippen LogP contribution in [0.1, 0.15) is 5.56 Å². The monoisotopic (exact) mass is 222 g/mol. The fourth-order valence-corrected chi connectivity index (χ4v) is 1.73. The van der Waals surface area contributed by atoms with E-state index in [0.29, 0.717) is 6.04 Å². The molecule has 0 saturated heterocycles. The molecule has 0 aliphatic heterocycles. The first-order chi connectivity index (χ1) is 7.67. The van der Waals surface area contributed by atoms with Gasteiger partial charge in [0.05, 0.1) is 6.61 Å². The number of nitrogens with zero attached hydrogens (tertiary/aromatic N) is 1. The number of ether oxygens (including phenoxy) is 1. The highest BCUT2D eigenvalue weighted by atomic mass is 16.5. The quantitative estimate of drug-likeness (QED) is 0.792. The van der Waals surface area contributed by atoms with Crippen molar-refractivity contribution in [1.82, 2.24) is 5.32 Å². The van der Waals surface area contributed by atoms with E-state index in [1.807, 2.05) is 7.05 Å². The van der Waals surface area contributed by atoms with E-state index in [-0.39, 0.29) is 0 Å². The topological polar surface area (TPSA) is 24.5 Å². The van der Waals surface area contributed by atoms with E-state index in [1.54, 1.807) is 7.11 Å². The average Bonchev–Trinajstić information content (AvgIpc) is 2.28. The Kier molecular flexibility index (Phi) is 5.29. The first kappa shape index (κ1) is 13.0. The van der Waals surface area contributed by atoms with Gasteiger partial charge in [-0.05, 0) is 31.7 Å². The van der Waals surface area contributed by atoms with Crippen molar-refractivity contribution < 1.29 is 4.74 Å². The van der Waals surface area contributed by atoms with Gasteiger partial charge in [-0.3, -0.25) is 0 Å². The lowest BCUT2D eigenvalue weighted by atomic mass is 10.2. The Balaban J connectivity index is 2.60. The lowest BCUT2D eigenvalue weighted by molar-refractivity contribution is 0.171. The molecule has 1 N–H and O–H groups in total. The maximum atomic E-state index is 5.17. The molecule has 0 fully saturated rings. The SMILES string of the molecule is CNC(COC)CN(C)c1cccc(C)c1. The van der Waals surface area contributed by atoms with E-state index in [2.05, 4.69) is 48.5 Å². The third kappa shape index (κ3) is 3.83. The van der Waals surface area contributed by atoms with Crippen LogP contribution in [0.2, 0.25) is 0 Å². The number of rotatable bonds is 6. The summed E-state index contributed by atoms with van der Waals surface area (Å²) in [5.41, 5.74) is 2.54. The number of anilines is 1. The molecule has 1 rings (SSSR count). The van der Waals surface area contributed by atoms with Gasteiger partial charge in [-0.25, -0.2) is 0 Å². The molecule has 1 unspecified atom stereocenters. The molecule has 16 heavy (non-hydrogen) atoms. The third-order valence-corrected chi connectivity index (χ3v) is 2.71. The Labute approximate surface area is 98.4 Å². The van der Waals surface area contributed by atoms with Crippen LogP contribution < -0.4 is 10.2 Å². The van der Waals surface area contributed by atoms with E-state index < -0.39 is 0 Å². The van der Waals surface area contributed by atoms with Gasteiger partial charge in [0.1, 0.15) is 0 Å². The number of hydrogen-bond acceptors (Lipinski definition) is 3. The Bertz CT molecular complexity index is 315.